The molecule has 0 saturated heterocycles. The summed E-state index contributed by atoms with van der Waals surface area (Å²) in [5, 5.41) is 10.6. The Labute approximate surface area is 189 Å². The van der Waals surface area contributed by atoms with Crippen LogP contribution in [-0.2, 0) is 13.1 Å². The highest BCUT2D eigenvalue weighted by molar-refractivity contribution is 5.70. The van der Waals surface area contributed by atoms with E-state index in [1.807, 2.05) is 4.57 Å². The molecule has 1 saturated carbocycles. The molecule has 0 aromatic carbocycles. The maximum atomic E-state index is 13.2. The molecule has 1 aliphatic rings. The Bertz CT molecular complexity index is 1090. The lowest BCUT2D eigenvalue weighted by Crippen LogP contribution is -2.40. The summed E-state index contributed by atoms with van der Waals surface area (Å²) in [5.74, 6) is 6.05. The Morgan fingerprint density at radius 1 is 1.19 bits per heavy atom. The topological polar surface area (TPSA) is 85.3 Å². The van der Waals surface area contributed by atoms with Crippen LogP contribution in [0, 0.1) is 11.8 Å². The van der Waals surface area contributed by atoms with Crippen molar-refractivity contribution in [2.45, 2.75) is 91.0 Å². The zero-order chi connectivity index (χ0) is 23.3. The Balaban J connectivity index is 1.71. The summed E-state index contributed by atoms with van der Waals surface area (Å²) < 4.78 is 4.93. The lowest BCUT2D eigenvalue weighted by molar-refractivity contribution is 0.108. The highest BCUT2D eigenvalue weighted by Gasteiger charge is 2.30. The van der Waals surface area contributed by atoms with Crippen molar-refractivity contribution < 1.29 is 5.11 Å². The van der Waals surface area contributed by atoms with Gasteiger partial charge in [0, 0.05) is 19.1 Å². The fraction of sp³-hybridized carbons (Fsp3) is 0.708. The standard InChI is InChI=1S/C24H37N5O3/c1-5-15-27-18-25-21-20(27)22(30)28(23(31)29(21)19-11-12-19)17-9-8-13-24(4,32)14-10-16-26(6-2)7-3/h18-19,32H,5-9,11-13,15-17H2,1-4H3. The molecule has 176 valence electrons. The second-order valence-electron chi connectivity index (χ2n) is 8.94. The van der Waals surface area contributed by atoms with E-state index in [4.69, 9.17) is 0 Å². The average Bonchev–Trinajstić information content (AvgIpc) is 3.50. The Morgan fingerprint density at radius 2 is 1.91 bits per heavy atom. The quantitative estimate of drug-likeness (QED) is 0.426. The number of fused-ring (bicyclic) bond motifs is 1. The zero-order valence-corrected chi connectivity index (χ0v) is 19.9. The molecule has 8 heteroatoms. The Morgan fingerprint density at radius 3 is 2.53 bits per heavy atom. The molecule has 3 rings (SSSR count). The molecular weight excluding hydrogens is 406 g/mol. The first-order valence-corrected chi connectivity index (χ1v) is 12.0. The number of imidazole rings is 1. The largest absolute Gasteiger partial charge is 0.378 e. The summed E-state index contributed by atoms with van der Waals surface area (Å²) in [4.78, 5) is 32.9. The molecule has 8 nitrogen and oxygen atoms in total. The lowest BCUT2D eigenvalue weighted by atomic mass is 9.99. The van der Waals surface area contributed by atoms with E-state index in [1.165, 1.54) is 4.57 Å². The van der Waals surface area contributed by atoms with E-state index in [0.29, 0.717) is 50.1 Å². The molecule has 1 N–H and O–H groups in total. The van der Waals surface area contributed by atoms with Crippen molar-refractivity contribution in [1.82, 2.24) is 23.6 Å². The van der Waals surface area contributed by atoms with Crippen molar-refractivity contribution >= 4 is 11.2 Å². The van der Waals surface area contributed by atoms with E-state index >= 15 is 0 Å². The van der Waals surface area contributed by atoms with Gasteiger partial charge in [0.25, 0.3) is 5.56 Å². The number of hydrogen-bond acceptors (Lipinski definition) is 5. The third-order valence-corrected chi connectivity index (χ3v) is 6.16. The van der Waals surface area contributed by atoms with Crippen LogP contribution in [0.5, 0.6) is 0 Å². The number of aliphatic hydroxyl groups is 1. The Kier molecular flexibility index (Phi) is 7.96. The molecule has 2 heterocycles. The Hall–Kier alpha value is -2.37. The fourth-order valence-corrected chi connectivity index (χ4v) is 4.06. The smallest absolute Gasteiger partial charge is 0.332 e. The molecule has 2 aromatic rings. The number of aromatic nitrogens is 4. The molecule has 0 amide bonds. The fourth-order valence-electron chi connectivity index (χ4n) is 4.06. The van der Waals surface area contributed by atoms with Gasteiger partial charge in [0.15, 0.2) is 11.2 Å². The van der Waals surface area contributed by atoms with Crippen LogP contribution in [0.2, 0.25) is 0 Å². The van der Waals surface area contributed by atoms with Gasteiger partial charge in [-0.3, -0.25) is 18.8 Å². The highest BCUT2D eigenvalue weighted by Crippen LogP contribution is 2.34. The van der Waals surface area contributed by atoms with E-state index in [-0.39, 0.29) is 17.3 Å². The first-order chi connectivity index (χ1) is 15.3. The molecule has 1 aliphatic carbocycles. The van der Waals surface area contributed by atoms with Crippen LogP contribution in [0.4, 0.5) is 0 Å². The van der Waals surface area contributed by atoms with E-state index in [0.717, 1.165) is 32.4 Å². The van der Waals surface area contributed by atoms with E-state index in [9.17, 15) is 14.7 Å². The molecule has 1 atom stereocenters. The van der Waals surface area contributed by atoms with Crippen molar-refractivity contribution in [1.29, 1.82) is 0 Å². The van der Waals surface area contributed by atoms with Crippen molar-refractivity contribution in [3.63, 3.8) is 0 Å². The van der Waals surface area contributed by atoms with Crippen molar-refractivity contribution in [2.75, 3.05) is 19.6 Å². The molecule has 32 heavy (non-hydrogen) atoms. The number of unbranched alkanes of at least 4 members (excludes halogenated alkanes) is 1. The molecule has 0 bridgehead atoms. The van der Waals surface area contributed by atoms with E-state index < -0.39 is 5.60 Å². The first kappa shape index (κ1) is 24.3. The first-order valence-electron chi connectivity index (χ1n) is 12.0. The number of rotatable bonds is 11. The molecule has 0 aliphatic heterocycles. The number of aryl methyl sites for hydroxylation is 1. The predicted molar refractivity (Wildman–Crippen MR) is 127 cm³/mol. The second-order valence-corrected chi connectivity index (χ2v) is 8.94. The minimum Gasteiger partial charge on any atom is -0.378 e. The minimum atomic E-state index is -1.07. The van der Waals surface area contributed by atoms with Crippen LogP contribution < -0.4 is 11.2 Å². The van der Waals surface area contributed by atoms with Gasteiger partial charge in [-0.05, 0) is 58.5 Å². The minimum absolute atomic E-state index is 0.142. The van der Waals surface area contributed by atoms with Crippen LogP contribution in [0.3, 0.4) is 0 Å². The van der Waals surface area contributed by atoms with Gasteiger partial charge >= 0.3 is 5.69 Å². The predicted octanol–water partition coefficient (Wildman–Crippen LogP) is 2.37. The van der Waals surface area contributed by atoms with Crippen LogP contribution in [0.15, 0.2) is 15.9 Å². The molecule has 1 unspecified atom stereocenters. The summed E-state index contributed by atoms with van der Waals surface area (Å²) in [5.41, 5.74) is -0.571. The summed E-state index contributed by atoms with van der Waals surface area (Å²) in [6, 6.07) is 0.142. The zero-order valence-electron chi connectivity index (χ0n) is 19.9. The summed E-state index contributed by atoms with van der Waals surface area (Å²) >= 11 is 0. The van der Waals surface area contributed by atoms with Gasteiger partial charge in [0.05, 0.1) is 12.9 Å². The van der Waals surface area contributed by atoms with Crippen LogP contribution in [0.1, 0.15) is 72.3 Å². The normalized spacial score (nSPS) is 15.7. The SMILES string of the molecule is CCCn1cnc2c1c(=O)n(CCCCC(C)(O)C#CCN(CC)CC)c(=O)n2C1CC1. The molecule has 0 spiro atoms. The van der Waals surface area contributed by atoms with E-state index in [1.54, 1.807) is 17.8 Å². The van der Waals surface area contributed by atoms with Crippen molar-refractivity contribution in [3.8, 4) is 11.8 Å². The van der Waals surface area contributed by atoms with Gasteiger partial charge in [-0.2, -0.15) is 0 Å². The van der Waals surface area contributed by atoms with Crippen molar-refractivity contribution in [3.05, 3.63) is 27.2 Å². The number of hydrogen-bond donors (Lipinski definition) is 1. The van der Waals surface area contributed by atoms with Gasteiger partial charge in [0.1, 0.15) is 5.60 Å². The summed E-state index contributed by atoms with van der Waals surface area (Å²) in [7, 11) is 0. The highest BCUT2D eigenvalue weighted by atomic mass is 16.3. The van der Waals surface area contributed by atoms with E-state index in [2.05, 4.69) is 42.5 Å². The summed E-state index contributed by atoms with van der Waals surface area (Å²) in [6.45, 7) is 11.5. The molecule has 0 radical (unpaired) electrons. The van der Waals surface area contributed by atoms with Crippen LogP contribution >= 0.6 is 0 Å². The third kappa shape index (κ3) is 5.51. The third-order valence-electron chi connectivity index (χ3n) is 6.16. The van der Waals surface area contributed by atoms with Gasteiger partial charge < -0.3 is 9.67 Å². The van der Waals surface area contributed by atoms with Crippen molar-refractivity contribution in [2.24, 2.45) is 0 Å². The second kappa shape index (κ2) is 10.5. The monoisotopic (exact) mass is 443 g/mol. The van der Waals surface area contributed by atoms with Gasteiger partial charge in [-0.15, -0.1) is 0 Å². The average molecular weight is 444 g/mol. The van der Waals surface area contributed by atoms with Gasteiger partial charge in [0.2, 0.25) is 0 Å². The van der Waals surface area contributed by atoms with Crippen LogP contribution in [0.25, 0.3) is 11.2 Å². The maximum Gasteiger partial charge on any atom is 0.332 e. The van der Waals surface area contributed by atoms with Gasteiger partial charge in [-0.25, -0.2) is 9.78 Å². The number of nitrogens with zero attached hydrogens (tertiary/aromatic N) is 5. The summed E-state index contributed by atoms with van der Waals surface area (Å²) in [6.07, 6.45) is 6.26. The molecular formula is C24H37N5O3. The van der Waals surface area contributed by atoms with Gasteiger partial charge in [-0.1, -0.05) is 32.6 Å². The molecule has 2 aromatic heterocycles. The lowest BCUT2D eigenvalue weighted by Gasteiger charge is -2.18. The maximum absolute atomic E-state index is 13.2. The van der Waals surface area contributed by atoms with Crippen LogP contribution in [-0.4, -0.2) is 53.9 Å². The molecule has 1 fully saturated rings.